The molecule has 2 N–H and O–H groups in total. The Morgan fingerprint density at radius 3 is 2.65 bits per heavy atom. The van der Waals surface area contributed by atoms with Gasteiger partial charge in [0.15, 0.2) is 0 Å². The molecule has 7 nitrogen and oxygen atoms in total. The molecular formula is C19H25N3O4. The van der Waals surface area contributed by atoms with Crippen LogP contribution in [0.25, 0.3) is 0 Å². The Hall–Kier alpha value is -2.67. The van der Waals surface area contributed by atoms with E-state index in [0.717, 1.165) is 11.3 Å². The molecule has 1 aromatic carbocycles. The van der Waals surface area contributed by atoms with Gasteiger partial charge in [0.25, 0.3) is 11.5 Å². The van der Waals surface area contributed by atoms with Crippen molar-refractivity contribution in [1.82, 2.24) is 15.3 Å². The third-order valence-electron chi connectivity index (χ3n) is 3.61. The van der Waals surface area contributed by atoms with Crippen molar-refractivity contribution in [2.45, 2.75) is 32.8 Å². The van der Waals surface area contributed by atoms with Gasteiger partial charge >= 0.3 is 0 Å². The van der Waals surface area contributed by atoms with E-state index in [0.29, 0.717) is 31.8 Å². The van der Waals surface area contributed by atoms with Crippen LogP contribution < -0.4 is 15.6 Å². The topological polar surface area (TPSA) is 93.3 Å². The number of ether oxygens (including phenoxy) is 2. The summed E-state index contributed by atoms with van der Waals surface area (Å²) in [7, 11) is 1.60. The predicted molar refractivity (Wildman–Crippen MR) is 98.7 cm³/mol. The molecule has 0 spiro atoms. The predicted octanol–water partition coefficient (Wildman–Crippen LogP) is 1.91. The molecule has 0 unspecified atom stereocenters. The van der Waals surface area contributed by atoms with Gasteiger partial charge in [0.2, 0.25) is 0 Å². The lowest BCUT2D eigenvalue weighted by molar-refractivity contribution is 0.0756. The van der Waals surface area contributed by atoms with Crippen LogP contribution in [0.4, 0.5) is 0 Å². The molecule has 7 heteroatoms. The molecule has 0 bridgehead atoms. The smallest absolute Gasteiger partial charge is 0.270 e. The zero-order valence-corrected chi connectivity index (χ0v) is 15.4. The van der Waals surface area contributed by atoms with E-state index in [9.17, 15) is 9.59 Å². The lowest BCUT2D eigenvalue weighted by Crippen LogP contribution is -2.28. The summed E-state index contributed by atoms with van der Waals surface area (Å²) >= 11 is 0. The fourth-order valence-corrected chi connectivity index (χ4v) is 2.33. The molecule has 1 aromatic heterocycles. The van der Waals surface area contributed by atoms with Gasteiger partial charge in [-0.3, -0.25) is 9.59 Å². The Kier molecular flexibility index (Phi) is 7.35. The van der Waals surface area contributed by atoms with Crippen LogP contribution in [-0.2, 0) is 11.2 Å². The van der Waals surface area contributed by atoms with Crippen LogP contribution in [0, 0.1) is 0 Å². The highest BCUT2D eigenvalue weighted by Crippen LogP contribution is 2.13. The van der Waals surface area contributed by atoms with Crippen LogP contribution in [0.3, 0.4) is 0 Å². The van der Waals surface area contributed by atoms with Gasteiger partial charge in [0.1, 0.15) is 17.3 Å². The number of H-pyrrole nitrogens is 1. The minimum Gasteiger partial charge on any atom is -0.497 e. The van der Waals surface area contributed by atoms with Crippen molar-refractivity contribution >= 4 is 5.91 Å². The van der Waals surface area contributed by atoms with Crippen LogP contribution in [-0.4, -0.2) is 42.2 Å². The van der Waals surface area contributed by atoms with Crippen molar-refractivity contribution in [3.63, 3.8) is 0 Å². The molecule has 0 atom stereocenters. The number of aromatic nitrogens is 2. The summed E-state index contributed by atoms with van der Waals surface area (Å²) in [6, 6.07) is 8.66. The van der Waals surface area contributed by atoms with Gasteiger partial charge in [-0.25, -0.2) is 4.98 Å². The lowest BCUT2D eigenvalue weighted by atomic mass is 10.1. The zero-order valence-electron chi connectivity index (χ0n) is 15.4. The monoisotopic (exact) mass is 359 g/mol. The van der Waals surface area contributed by atoms with Crippen LogP contribution in [0.2, 0.25) is 0 Å². The molecule has 0 aliphatic carbocycles. The maximum Gasteiger partial charge on any atom is 0.270 e. The Morgan fingerprint density at radius 2 is 2.00 bits per heavy atom. The fourth-order valence-electron chi connectivity index (χ4n) is 2.33. The summed E-state index contributed by atoms with van der Waals surface area (Å²) in [6.45, 7) is 4.96. The number of hydrogen-bond acceptors (Lipinski definition) is 5. The van der Waals surface area contributed by atoms with E-state index in [-0.39, 0.29) is 23.3 Å². The Labute approximate surface area is 152 Å². The molecule has 0 aliphatic heterocycles. The highest BCUT2D eigenvalue weighted by Gasteiger charge is 2.10. The number of rotatable bonds is 9. The summed E-state index contributed by atoms with van der Waals surface area (Å²) in [4.78, 5) is 31.0. The van der Waals surface area contributed by atoms with E-state index < -0.39 is 0 Å². The van der Waals surface area contributed by atoms with E-state index in [2.05, 4.69) is 15.3 Å². The molecule has 0 radical (unpaired) electrons. The Bertz CT molecular complexity index is 769. The molecule has 2 rings (SSSR count). The number of carbonyl (C=O) groups is 1. The van der Waals surface area contributed by atoms with Crippen LogP contribution in [0.1, 0.15) is 42.1 Å². The number of carbonyl (C=O) groups excluding carboxylic acids is 1. The number of hydrogen-bond donors (Lipinski definition) is 2. The molecular weight excluding hydrogens is 334 g/mol. The molecule has 140 valence electrons. The maximum atomic E-state index is 12.2. The molecule has 0 saturated heterocycles. The number of aromatic amines is 1. The van der Waals surface area contributed by atoms with E-state index in [1.165, 1.54) is 6.07 Å². The first-order chi connectivity index (χ1) is 12.5. The van der Waals surface area contributed by atoms with Gasteiger partial charge in [-0.05, 0) is 38.0 Å². The van der Waals surface area contributed by atoms with Gasteiger partial charge in [0.05, 0.1) is 13.2 Å². The zero-order chi connectivity index (χ0) is 18.9. The number of amides is 1. The van der Waals surface area contributed by atoms with Crippen LogP contribution >= 0.6 is 0 Å². The lowest BCUT2D eigenvalue weighted by Gasteiger charge is -2.09. The average Bonchev–Trinajstić information content (AvgIpc) is 2.61. The standard InChI is InChI=1S/C19H25N3O4/c1-13(2)26-10-4-9-20-19(24)16-12-18(23)22-17(21-16)11-14-5-7-15(25-3)8-6-14/h5-8,12-13H,4,9-11H2,1-3H3,(H,20,24)(H,21,22,23). The summed E-state index contributed by atoms with van der Waals surface area (Å²) < 4.78 is 10.5. The third-order valence-corrected chi connectivity index (χ3v) is 3.61. The van der Waals surface area contributed by atoms with Crippen molar-refractivity contribution in [3.05, 3.63) is 57.8 Å². The highest BCUT2D eigenvalue weighted by atomic mass is 16.5. The Morgan fingerprint density at radius 1 is 1.27 bits per heavy atom. The SMILES string of the molecule is COc1ccc(Cc2nc(C(=O)NCCCOC(C)C)cc(=O)[nH]2)cc1. The summed E-state index contributed by atoms with van der Waals surface area (Å²) in [5, 5.41) is 2.76. The van der Waals surface area contributed by atoms with E-state index in [1.54, 1.807) is 7.11 Å². The van der Waals surface area contributed by atoms with Gasteiger partial charge < -0.3 is 19.8 Å². The molecule has 1 amide bonds. The second-order valence-electron chi connectivity index (χ2n) is 6.13. The largest absolute Gasteiger partial charge is 0.497 e. The van der Waals surface area contributed by atoms with Gasteiger partial charge in [0, 0.05) is 25.6 Å². The van der Waals surface area contributed by atoms with Crippen molar-refractivity contribution in [2.75, 3.05) is 20.3 Å². The van der Waals surface area contributed by atoms with Gasteiger partial charge in [-0.15, -0.1) is 0 Å². The van der Waals surface area contributed by atoms with Crippen molar-refractivity contribution in [3.8, 4) is 5.75 Å². The maximum absolute atomic E-state index is 12.2. The van der Waals surface area contributed by atoms with Crippen molar-refractivity contribution in [2.24, 2.45) is 0 Å². The van der Waals surface area contributed by atoms with E-state index in [1.807, 2.05) is 38.1 Å². The van der Waals surface area contributed by atoms with Gasteiger partial charge in [-0.1, -0.05) is 12.1 Å². The number of benzene rings is 1. The minimum absolute atomic E-state index is 0.113. The minimum atomic E-state index is -0.364. The first-order valence-corrected chi connectivity index (χ1v) is 8.61. The summed E-state index contributed by atoms with van der Waals surface area (Å²) in [5.41, 5.74) is 0.719. The van der Waals surface area contributed by atoms with E-state index in [4.69, 9.17) is 9.47 Å². The normalized spacial score (nSPS) is 10.8. The fraction of sp³-hybridized carbons (Fsp3) is 0.421. The van der Waals surface area contributed by atoms with Gasteiger partial charge in [-0.2, -0.15) is 0 Å². The summed E-state index contributed by atoms with van der Waals surface area (Å²) in [5.74, 6) is 0.831. The number of nitrogens with zero attached hydrogens (tertiary/aromatic N) is 1. The second-order valence-corrected chi connectivity index (χ2v) is 6.13. The first kappa shape index (κ1) is 19.7. The molecule has 1 heterocycles. The average molecular weight is 359 g/mol. The molecule has 2 aromatic rings. The summed E-state index contributed by atoms with van der Waals surface area (Å²) in [6.07, 6.45) is 1.29. The quantitative estimate of drug-likeness (QED) is 0.667. The first-order valence-electron chi connectivity index (χ1n) is 8.61. The van der Waals surface area contributed by atoms with Crippen LogP contribution in [0.5, 0.6) is 5.75 Å². The molecule has 26 heavy (non-hydrogen) atoms. The number of methoxy groups -OCH3 is 1. The van der Waals surface area contributed by atoms with Crippen molar-refractivity contribution < 1.29 is 14.3 Å². The van der Waals surface area contributed by atoms with Crippen LogP contribution in [0.15, 0.2) is 35.1 Å². The number of nitrogens with one attached hydrogen (secondary N) is 2. The second kappa shape index (κ2) is 9.72. The molecule has 0 saturated carbocycles. The highest BCUT2D eigenvalue weighted by molar-refractivity contribution is 5.92. The molecule has 0 aliphatic rings. The van der Waals surface area contributed by atoms with E-state index >= 15 is 0 Å². The molecule has 0 fully saturated rings. The van der Waals surface area contributed by atoms with Crippen molar-refractivity contribution in [1.29, 1.82) is 0 Å². The Balaban J connectivity index is 1.97. The third kappa shape index (κ3) is 6.33.